The number of nitrogens with one attached hydrogen (secondary N) is 5. The molecule has 0 bridgehead atoms. The molecule has 4 atom stereocenters. The van der Waals surface area contributed by atoms with Crippen molar-refractivity contribution in [2.45, 2.75) is 76.5 Å². The number of piperazine rings is 2. The van der Waals surface area contributed by atoms with Gasteiger partial charge in [0, 0.05) is 164 Å². The number of aliphatic hydroxyl groups is 1. The van der Waals surface area contributed by atoms with E-state index in [1.165, 1.54) is 149 Å². The molecule has 0 aliphatic carbocycles. The SMILES string of the molecule is C[C@H](C(=O)N1CCN(c2ccc(S(=O)(=O)Nc3nccs3)cc2)C[C@@H]1CO)n1ccc2ccc(Cl)cc21.O=C(Cc1ccc(O)c(F)c1)N1CCN(c2ccc(S(=O)(=O)Nc3ccncn3)cc2)CC1.O=C1C(Oc2cccc(F)c2)CCN1c1ccc(S(=O)(=O)Nc2nccs2)cc1.O=C1[C@@H](NCc2ccccc2)CCN1c1ccc(S(=O)(=O)Nc2nccs2)cc1.[HH].[HH].[HH].[HH].[HH].[HH].[HH].[HH]. The summed E-state index contributed by atoms with van der Waals surface area (Å²) in [6.07, 6.45) is 9.65. The van der Waals surface area contributed by atoms with E-state index in [1.54, 1.807) is 97.6 Å². The molecule has 0 saturated carbocycles. The highest BCUT2D eigenvalue weighted by molar-refractivity contribution is 7.93. The summed E-state index contributed by atoms with van der Waals surface area (Å²) in [5.41, 5.74) is 5.43. The van der Waals surface area contributed by atoms with Gasteiger partial charge in [-0.2, -0.15) is 0 Å². The van der Waals surface area contributed by atoms with Crippen molar-refractivity contribution in [3.8, 4) is 11.5 Å². The van der Waals surface area contributed by atoms with E-state index >= 15 is 0 Å². The van der Waals surface area contributed by atoms with Gasteiger partial charge in [-0.25, -0.2) is 67.4 Å². The van der Waals surface area contributed by atoms with Crippen molar-refractivity contribution in [3.63, 3.8) is 0 Å². The molecule has 5 aromatic heterocycles. The molecule has 0 radical (unpaired) electrons. The number of aromatic nitrogens is 6. The molecule has 682 valence electrons. The van der Waals surface area contributed by atoms with Crippen LogP contribution in [0.2, 0.25) is 5.02 Å². The van der Waals surface area contributed by atoms with Gasteiger partial charge >= 0.3 is 0 Å². The van der Waals surface area contributed by atoms with Gasteiger partial charge in [0.2, 0.25) is 17.7 Å². The Kier molecular flexibility index (Phi) is 29.4. The van der Waals surface area contributed by atoms with Crippen LogP contribution in [-0.2, 0) is 72.2 Å². The Morgan fingerprint density at radius 3 is 1.62 bits per heavy atom. The third kappa shape index (κ3) is 23.0. The van der Waals surface area contributed by atoms with E-state index in [0.717, 1.165) is 27.8 Å². The Hall–Kier alpha value is -12.6. The van der Waals surface area contributed by atoms with Gasteiger partial charge in [-0.3, -0.25) is 38.1 Å². The Morgan fingerprint density at radius 1 is 0.555 bits per heavy atom. The van der Waals surface area contributed by atoms with Crippen molar-refractivity contribution in [3.05, 3.63) is 281 Å². The van der Waals surface area contributed by atoms with E-state index in [4.69, 9.17) is 16.3 Å². The molecule has 128 heavy (non-hydrogen) atoms. The maximum atomic E-state index is 13.5. The van der Waals surface area contributed by atoms with Crippen LogP contribution in [0.5, 0.6) is 11.5 Å². The highest BCUT2D eigenvalue weighted by Crippen LogP contribution is 2.33. The number of hydrogen-bond donors (Lipinski definition) is 7. The molecule has 1 unspecified atom stereocenters. The van der Waals surface area contributed by atoms with Crippen LogP contribution in [0.4, 0.5) is 52.7 Å². The van der Waals surface area contributed by atoms with E-state index in [1.807, 2.05) is 77.2 Å². The van der Waals surface area contributed by atoms with E-state index < -0.39 is 75.7 Å². The van der Waals surface area contributed by atoms with Crippen molar-refractivity contribution in [1.29, 1.82) is 0 Å². The molecule has 7 N–H and O–H groups in total. The fourth-order valence-electron chi connectivity index (χ4n) is 14.4. The van der Waals surface area contributed by atoms with Gasteiger partial charge in [-0.15, -0.1) is 34.0 Å². The maximum absolute atomic E-state index is 13.5. The summed E-state index contributed by atoms with van der Waals surface area (Å²) in [7, 11) is -15.0. The van der Waals surface area contributed by atoms with Crippen LogP contribution in [0.25, 0.3) is 10.9 Å². The number of sulfonamides is 4. The lowest BCUT2D eigenvalue weighted by Gasteiger charge is -2.42. The summed E-state index contributed by atoms with van der Waals surface area (Å²) in [5.74, 6) is -1.60. The lowest BCUT2D eigenvalue weighted by Crippen LogP contribution is -2.57. The van der Waals surface area contributed by atoms with Gasteiger partial charge < -0.3 is 54.2 Å². The monoisotopic (exact) mass is 1910 g/mol. The third-order valence-electron chi connectivity index (χ3n) is 21.0. The molecular formula is C86H100ClF2N17O15S7. The van der Waals surface area contributed by atoms with Crippen LogP contribution < -0.4 is 48.5 Å². The second-order valence-electron chi connectivity index (χ2n) is 29.3. The lowest BCUT2D eigenvalue weighted by atomic mass is 10.1. The quantitative estimate of drug-likeness (QED) is 0.0265. The van der Waals surface area contributed by atoms with Gasteiger partial charge in [-0.05, 0) is 175 Å². The zero-order valence-electron chi connectivity index (χ0n) is 68.0. The molecule has 4 aliphatic rings. The molecular weight excluding hydrogens is 1810 g/mol. The van der Waals surface area contributed by atoms with Crippen LogP contribution in [0.1, 0.15) is 48.3 Å². The number of aliphatic hydroxyl groups excluding tert-OH is 1. The van der Waals surface area contributed by atoms with Crippen molar-refractivity contribution < 1.29 is 88.0 Å². The smallest absolute Gasteiger partial charge is 0.268 e. The molecule has 4 aliphatic heterocycles. The average molecular weight is 1910 g/mol. The summed E-state index contributed by atoms with van der Waals surface area (Å²) in [5, 5.41) is 30.3. The molecule has 8 aromatic carbocycles. The number of carbonyl (C=O) groups is 4. The second kappa shape index (κ2) is 41.0. The molecule has 13 aromatic rings. The molecule has 32 nitrogen and oxygen atoms in total. The number of amides is 4. The van der Waals surface area contributed by atoms with Crippen molar-refractivity contribution >= 4 is 164 Å². The number of hydrogen-bond acceptors (Lipinski definition) is 26. The van der Waals surface area contributed by atoms with Crippen LogP contribution in [-0.4, -0.2) is 190 Å². The molecule has 17 rings (SSSR count). The molecule has 4 fully saturated rings. The number of anilines is 8. The molecule has 0 spiro atoms. The van der Waals surface area contributed by atoms with Crippen molar-refractivity contribution in [2.75, 3.05) is 104 Å². The number of aromatic hydroxyl groups is 1. The number of nitrogens with zero attached hydrogens (tertiary/aromatic N) is 12. The average Bonchev–Trinajstić information content (AvgIpc) is 1.56. The summed E-state index contributed by atoms with van der Waals surface area (Å²) < 4.78 is 144. The summed E-state index contributed by atoms with van der Waals surface area (Å²) in [6, 6.07) is 52.8. The van der Waals surface area contributed by atoms with Crippen molar-refractivity contribution in [2.24, 2.45) is 0 Å². The topological polar surface area (TPSA) is 403 Å². The maximum Gasteiger partial charge on any atom is 0.268 e. The van der Waals surface area contributed by atoms with Crippen LogP contribution in [0.15, 0.2) is 273 Å². The van der Waals surface area contributed by atoms with Gasteiger partial charge in [-0.1, -0.05) is 60.1 Å². The van der Waals surface area contributed by atoms with Gasteiger partial charge in [0.25, 0.3) is 46.0 Å². The van der Waals surface area contributed by atoms with Crippen LogP contribution >= 0.6 is 45.6 Å². The fraction of sp³-hybridized carbons (Fsp3) is 0.221. The van der Waals surface area contributed by atoms with E-state index in [0.29, 0.717) is 116 Å². The minimum atomic E-state index is -3.77. The predicted octanol–water partition coefficient (Wildman–Crippen LogP) is 13.9. The number of phenols is 1. The molecule has 42 heteroatoms. The standard InChI is InChI=1S/C25H26ClN5O4S2.C22H22FN5O4S.C20H20N4O3S2.C19H16FN3O4S2.8H2/c1-17(30-10-8-18-2-3-19(26)14-23(18)30)24(33)31-12-11-29(15-21(31)16-32)20-4-6-22(7-5-20)37(34,35)28-25-27-9-13-36-25;23-19-13-16(1-6-20(19)29)14-22(30)28-11-9-27(10-12-28)17-2-4-18(5-3-17)33(31,32)26-21-7-8-24-15-25-21;25-19-18(22-14-15-4-2-1-3-5-15)10-12-24(19)16-6-8-17(9-7-16)29(26,27)23-20-21-11-13-28-20;20-13-2-1-3-15(12-13)27-17-8-10-23(18(17)24)14-4-6-16(7-5-14)29(25,26)22-19-21-9-11-28-19;;;;;;;;/h2-10,13-14,17,21,32H,11-12,15-16H2,1H3,(H,27,28);1-8,13,15,29H,9-12,14H2,(H,24,25,26);1-9,11,13,18,22H,10,12,14H2,(H,21,23);1-7,9,11-12,17H,8,10H2,(H,21,22);8*1H/t17-,21-;;18-;;;;;;;;;/m1.0........./s1. The van der Waals surface area contributed by atoms with Crippen LogP contribution in [0, 0.1) is 11.6 Å². The number of halogens is 3. The fourth-order valence-corrected chi connectivity index (χ4v) is 20.9. The van der Waals surface area contributed by atoms with E-state index in [2.05, 4.69) is 54.0 Å². The van der Waals surface area contributed by atoms with E-state index in [-0.39, 0.29) is 84.6 Å². The molecule has 4 saturated heterocycles. The third-order valence-corrected chi connectivity index (χ3v) is 29.1. The number of rotatable bonds is 26. The minimum absolute atomic E-state index is 0. The number of ether oxygens (including phenoxy) is 1. The van der Waals surface area contributed by atoms with Gasteiger partial charge in [0.05, 0.1) is 50.2 Å². The Labute approximate surface area is 765 Å². The first-order valence-corrected chi connectivity index (χ1v) is 48.7. The van der Waals surface area contributed by atoms with Gasteiger partial charge in [0.1, 0.15) is 29.8 Å². The first-order valence-electron chi connectivity index (χ1n) is 39.7. The predicted molar refractivity (Wildman–Crippen MR) is 503 cm³/mol. The lowest BCUT2D eigenvalue weighted by molar-refractivity contribution is -0.138. The number of benzene rings is 8. The number of phenolic OH excluding ortho intramolecular Hbond substituents is 1. The molecule has 4 amide bonds. The Morgan fingerprint density at radius 2 is 1.09 bits per heavy atom. The first-order chi connectivity index (χ1) is 61.5. The normalized spacial score (nSPS) is 16.3. The highest BCUT2D eigenvalue weighted by atomic mass is 35.5. The number of fused-ring (bicyclic) bond motifs is 1. The Balaban J connectivity index is 0.000000274. The van der Waals surface area contributed by atoms with Crippen LogP contribution in [0.3, 0.4) is 0 Å². The minimum Gasteiger partial charge on any atom is -0.505 e. The zero-order chi connectivity index (χ0) is 90.3. The van der Waals surface area contributed by atoms with Gasteiger partial charge in [0.15, 0.2) is 33.1 Å². The van der Waals surface area contributed by atoms with E-state index in [9.17, 15) is 71.8 Å². The summed E-state index contributed by atoms with van der Waals surface area (Å²) in [4.78, 5) is 82.1. The highest BCUT2D eigenvalue weighted by Gasteiger charge is 2.37. The first kappa shape index (κ1) is 91.6. The largest absolute Gasteiger partial charge is 0.505 e. The number of thiazole rings is 3. The summed E-state index contributed by atoms with van der Waals surface area (Å²) >= 11 is 9.77. The zero-order valence-corrected chi connectivity index (χ0v) is 74.5. The second-order valence-corrected chi connectivity index (χ2v) is 39.1. The number of carbonyl (C=O) groups excluding carboxylic acids is 4. The summed E-state index contributed by atoms with van der Waals surface area (Å²) in [6.45, 7) is 6.88. The molecule has 9 heterocycles. The van der Waals surface area contributed by atoms with Crippen molar-refractivity contribution in [1.82, 2.24) is 44.6 Å². The Bertz CT molecular complexity index is 6540.